The Hall–Kier alpha value is -1.00. The molecule has 0 spiro atoms. The molecule has 0 N–H and O–H groups in total. The zero-order valence-electron chi connectivity index (χ0n) is 11.3. The van der Waals surface area contributed by atoms with Gasteiger partial charge in [0.1, 0.15) is 5.65 Å². The van der Waals surface area contributed by atoms with Gasteiger partial charge in [-0.05, 0) is 38.4 Å². The number of hydrogen-bond acceptors (Lipinski definition) is 3. The summed E-state index contributed by atoms with van der Waals surface area (Å²) in [5.41, 5.74) is 2.28. The summed E-state index contributed by atoms with van der Waals surface area (Å²) in [6.07, 6.45) is 7.46. The van der Waals surface area contributed by atoms with E-state index in [9.17, 15) is 0 Å². The van der Waals surface area contributed by atoms with Gasteiger partial charge in [-0.25, -0.2) is 4.98 Å². The van der Waals surface area contributed by atoms with Gasteiger partial charge >= 0.3 is 0 Å². The zero-order valence-corrected chi connectivity index (χ0v) is 12.2. The Morgan fingerprint density at radius 3 is 3.06 bits per heavy atom. The van der Waals surface area contributed by atoms with Gasteiger partial charge in [0.05, 0.1) is 11.9 Å². The Bertz CT molecular complexity index is 494. The summed E-state index contributed by atoms with van der Waals surface area (Å²) in [5, 5.41) is 0.731. The van der Waals surface area contributed by atoms with Crippen LogP contribution in [-0.4, -0.2) is 39.4 Å². The van der Waals surface area contributed by atoms with Crippen molar-refractivity contribution in [1.29, 1.82) is 0 Å². The number of thioether (sulfide) groups is 1. The second-order valence-corrected chi connectivity index (χ2v) is 6.03. The van der Waals surface area contributed by atoms with Gasteiger partial charge in [-0.3, -0.25) is 0 Å². The number of aromatic nitrogens is 2. The van der Waals surface area contributed by atoms with Crippen LogP contribution in [0.1, 0.15) is 19.0 Å². The third-order valence-electron chi connectivity index (χ3n) is 3.25. The minimum Gasteiger partial charge on any atom is -0.303 e. The predicted octanol–water partition coefficient (Wildman–Crippen LogP) is 2.91. The van der Waals surface area contributed by atoms with Crippen molar-refractivity contribution in [1.82, 2.24) is 14.3 Å². The standard InChI is InChI=1S/C14H21N3S/c1-12(18-3)7-9-16(2)11-13-10-15-14-6-4-5-8-17(13)14/h4-6,8,10,12H,7,9,11H2,1-3H3. The van der Waals surface area contributed by atoms with E-state index in [-0.39, 0.29) is 0 Å². The molecule has 0 bridgehead atoms. The van der Waals surface area contributed by atoms with E-state index in [1.165, 1.54) is 12.1 Å². The number of nitrogens with zero attached hydrogens (tertiary/aromatic N) is 3. The lowest BCUT2D eigenvalue weighted by atomic mass is 10.3. The van der Waals surface area contributed by atoms with Crippen LogP contribution in [0, 0.1) is 0 Å². The van der Waals surface area contributed by atoms with Crippen LogP contribution < -0.4 is 0 Å². The fraction of sp³-hybridized carbons (Fsp3) is 0.500. The lowest BCUT2D eigenvalue weighted by Crippen LogP contribution is -2.22. The maximum absolute atomic E-state index is 4.42. The minimum absolute atomic E-state index is 0.731. The van der Waals surface area contributed by atoms with Gasteiger partial charge in [-0.15, -0.1) is 0 Å². The highest BCUT2D eigenvalue weighted by Crippen LogP contribution is 2.12. The molecule has 0 aliphatic heterocycles. The van der Waals surface area contributed by atoms with Crippen molar-refractivity contribution in [3.05, 3.63) is 36.3 Å². The number of fused-ring (bicyclic) bond motifs is 1. The van der Waals surface area contributed by atoms with Crippen molar-refractivity contribution in [3.8, 4) is 0 Å². The molecule has 0 aliphatic carbocycles. The molecular weight excluding hydrogens is 242 g/mol. The first-order chi connectivity index (χ1) is 8.70. The molecular formula is C14H21N3S. The van der Waals surface area contributed by atoms with Crippen molar-refractivity contribution in [2.45, 2.75) is 25.1 Å². The molecule has 2 rings (SSSR count). The minimum atomic E-state index is 0.731. The summed E-state index contributed by atoms with van der Waals surface area (Å²) in [6.45, 7) is 4.36. The topological polar surface area (TPSA) is 20.5 Å². The van der Waals surface area contributed by atoms with Crippen LogP contribution >= 0.6 is 11.8 Å². The molecule has 0 aromatic carbocycles. The molecule has 0 amide bonds. The highest BCUT2D eigenvalue weighted by atomic mass is 32.2. The van der Waals surface area contributed by atoms with Gasteiger partial charge < -0.3 is 9.30 Å². The van der Waals surface area contributed by atoms with Crippen LogP contribution in [0.15, 0.2) is 30.6 Å². The number of hydrogen-bond donors (Lipinski definition) is 0. The van der Waals surface area contributed by atoms with Crippen LogP contribution in [0.4, 0.5) is 0 Å². The highest BCUT2D eigenvalue weighted by Gasteiger charge is 2.07. The Kier molecular flexibility index (Phi) is 4.66. The smallest absolute Gasteiger partial charge is 0.136 e. The maximum atomic E-state index is 4.42. The fourth-order valence-corrected chi connectivity index (χ4v) is 2.32. The Labute approximate surface area is 113 Å². The molecule has 0 radical (unpaired) electrons. The number of pyridine rings is 1. The summed E-state index contributed by atoms with van der Waals surface area (Å²) in [6, 6.07) is 6.11. The SMILES string of the molecule is CSC(C)CCN(C)Cc1cnc2ccccn12. The van der Waals surface area contributed by atoms with Gasteiger partial charge in [0.25, 0.3) is 0 Å². The maximum Gasteiger partial charge on any atom is 0.136 e. The molecule has 0 fully saturated rings. The van der Waals surface area contributed by atoms with Gasteiger partial charge in [0, 0.05) is 18.0 Å². The second-order valence-electron chi connectivity index (χ2n) is 4.75. The van der Waals surface area contributed by atoms with Gasteiger partial charge in [0.15, 0.2) is 0 Å². The molecule has 0 saturated carbocycles. The largest absolute Gasteiger partial charge is 0.303 e. The molecule has 1 unspecified atom stereocenters. The summed E-state index contributed by atoms with van der Waals surface area (Å²) in [4.78, 5) is 6.78. The van der Waals surface area contributed by atoms with Crippen molar-refractivity contribution in [3.63, 3.8) is 0 Å². The molecule has 2 aromatic heterocycles. The Morgan fingerprint density at radius 2 is 2.28 bits per heavy atom. The summed E-state index contributed by atoms with van der Waals surface area (Å²) >= 11 is 1.93. The third-order valence-corrected chi connectivity index (χ3v) is 4.29. The van der Waals surface area contributed by atoms with E-state index in [1.54, 1.807) is 0 Å². The van der Waals surface area contributed by atoms with E-state index in [0.717, 1.165) is 24.0 Å². The Morgan fingerprint density at radius 1 is 1.44 bits per heavy atom. The van der Waals surface area contributed by atoms with Crippen LogP contribution in [-0.2, 0) is 6.54 Å². The van der Waals surface area contributed by atoms with Gasteiger partial charge in [0.2, 0.25) is 0 Å². The van der Waals surface area contributed by atoms with Crippen molar-refractivity contribution < 1.29 is 0 Å². The molecule has 18 heavy (non-hydrogen) atoms. The molecule has 2 aromatic rings. The van der Waals surface area contributed by atoms with E-state index < -0.39 is 0 Å². The van der Waals surface area contributed by atoms with Crippen LogP contribution in [0.3, 0.4) is 0 Å². The lowest BCUT2D eigenvalue weighted by Gasteiger charge is -2.18. The average molecular weight is 263 g/mol. The monoisotopic (exact) mass is 263 g/mol. The fourth-order valence-electron chi connectivity index (χ4n) is 1.98. The molecule has 0 aliphatic rings. The second kappa shape index (κ2) is 6.25. The molecule has 2 heterocycles. The third kappa shape index (κ3) is 3.27. The summed E-state index contributed by atoms with van der Waals surface area (Å²) < 4.78 is 2.16. The molecule has 3 nitrogen and oxygen atoms in total. The van der Waals surface area contributed by atoms with Crippen molar-refractivity contribution in [2.75, 3.05) is 19.8 Å². The van der Waals surface area contributed by atoms with E-state index in [4.69, 9.17) is 0 Å². The predicted molar refractivity (Wildman–Crippen MR) is 79.1 cm³/mol. The van der Waals surface area contributed by atoms with Crippen molar-refractivity contribution in [2.24, 2.45) is 0 Å². The van der Waals surface area contributed by atoms with Crippen LogP contribution in [0.5, 0.6) is 0 Å². The summed E-state index contributed by atoms with van der Waals surface area (Å²) in [7, 11) is 2.18. The van der Waals surface area contributed by atoms with Gasteiger partial charge in [-0.2, -0.15) is 11.8 Å². The Balaban J connectivity index is 1.96. The number of imidazole rings is 1. The first-order valence-corrected chi connectivity index (χ1v) is 7.62. The zero-order chi connectivity index (χ0) is 13.0. The highest BCUT2D eigenvalue weighted by molar-refractivity contribution is 7.99. The van der Waals surface area contributed by atoms with E-state index in [0.29, 0.717) is 0 Å². The van der Waals surface area contributed by atoms with Crippen molar-refractivity contribution >= 4 is 17.4 Å². The van der Waals surface area contributed by atoms with E-state index in [1.807, 2.05) is 36.2 Å². The normalized spacial score (nSPS) is 13.3. The molecule has 0 saturated heterocycles. The quantitative estimate of drug-likeness (QED) is 0.799. The summed E-state index contributed by atoms with van der Waals surface area (Å²) in [5.74, 6) is 0. The van der Waals surface area contributed by atoms with E-state index in [2.05, 4.69) is 40.7 Å². The molecule has 4 heteroatoms. The molecule has 1 atom stereocenters. The lowest BCUT2D eigenvalue weighted by molar-refractivity contribution is 0.317. The number of rotatable bonds is 6. The first kappa shape index (κ1) is 13.4. The molecule has 98 valence electrons. The van der Waals surface area contributed by atoms with Crippen LogP contribution in [0.2, 0.25) is 0 Å². The van der Waals surface area contributed by atoms with E-state index >= 15 is 0 Å². The van der Waals surface area contributed by atoms with Gasteiger partial charge in [-0.1, -0.05) is 13.0 Å². The average Bonchev–Trinajstić information content (AvgIpc) is 2.79. The first-order valence-electron chi connectivity index (χ1n) is 6.33. The van der Waals surface area contributed by atoms with Crippen LogP contribution in [0.25, 0.3) is 5.65 Å².